The lowest BCUT2D eigenvalue weighted by molar-refractivity contribution is 0.287. The van der Waals surface area contributed by atoms with Crippen molar-refractivity contribution in [3.05, 3.63) is 41.2 Å². The van der Waals surface area contributed by atoms with E-state index in [0.717, 1.165) is 23.6 Å². The number of benzene rings is 1. The zero-order chi connectivity index (χ0) is 16.2. The van der Waals surface area contributed by atoms with Gasteiger partial charge in [-0.25, -0.2) is 4.68 Å². The van der Waals surface area contributed by atoms with E-state index in [1.165, 1.54) is 5.56 Å². The van der Waals surface area contributed by atoms with Gasteiger partial charge in [0, 0.05) is 6.54 Å². The van der Waals surface area contributed by atoms with E-state index in [2.05, 4.69) is 50.1 Å². The molecule has 0 bridgehead atoms. The second-order valence-corrected chi connectivity index (χ2v) is 6.39. The fourth-order valence-corrected chi connectivity index (χ4v) is 2.39. The molecule has 120 valence electrons. The molecule has 5 nitrogen and oxygen atoms in total. The van der Waals surface area contributed by atoms with Crippen LogP contribution in [-0.2, 0) is 24.9 Å². The largest absolute Gasteiger partial charge is 0.492 e. The summed E-state index contributed by atoms with van der Waals surface area (Å²) in [5, 5.41) is 8.24. The zero-order valence-electron chi connectivity index (χ0n) is 14.0. The predicted octanol–water partition coefficient (Wildman–Crippen LogP) is 2.68. The van der Waals surface area contributed by atoms with Crippen LogP contribution in [0.25, 0.3) is 0 Å². The van der Waals surface area contributed by atoms with E-state index in [4.69, 9.17) is 10.5 Å². The first-order chi connectivity index (χ1) is 10.5. The van der Waals surface area contributed by atoms with Crippen LogP contribution in [0, 0.1) is 0 Å². The summed E-state index contributed by atoms with van der Waals surface area (Å²) in [7, 11) is 0. The molecular formula is C17H26N4O. The maximum atomic E-state index is 5.80. The maximum Gasteiger partial charge on any atom is 0.119 e. The van der Waals surface area contributed by atoms with Gasteiger partial charge in [0.2, 0.25) is 0 Å². The Kier molecular flexibility index (Phi) is 5.19. The van der Waals surface area contributed by atoms with Crippen molar-refractivity contribution in [1.29, 1.82) is 0 Å². The van der Waals surface area contributed by atoms with Crippen LogP contribution in [0.3, 0.4) is 0 Å². The second kappa shape index (κ2) is 6.92. The Morgan fingerprint density at radius 1 is 1.18 bits per heavy atom. The van der Waals surface area contributed by atoms with Gasteiger partial charge in [-0.3, -0.25) is 0 Å². The van der Waals surface area contributed by atoms with Crippen molar-refractivity contribution in [3.63, 3.8) is 0 Å². The van der Waals surface area contributed by atoms with Crippen LogP contribution in [0.15, 0.2) is 24.3 Å². The summed E-state index contributed by atoms with van der Waals surface area (Å²) >= 11 is 0. The molecule has 22 heavy (non-hydrogen) atoms. The Morgan fingerprint density at radius 2 is 1.86 bits per heavy atom. The first kappa shape index (κ1) is 16.5. The quantitative estimate of drug-likeness (QED) is 0.891. The Labute approximate surface area is 132 Å². The normalized spacial score (nSPS) is 11.7. The van der Waals surface area contributed by atoms with E-state index in [9.17, 15) is 0 Å². The summed E-state index contributed by atoms with van der Waals surface area (Å²) < 4.78 is 7.68. The summed E-state index contributed by atoms with van der Waals surface area (Å²) in [6, 6.07) is 8.28. The summed E-state index contributed by atoms with van der Waals surface area (Å²) in [5.41, 5.74) is 9.09. The number of rotatable bonds is 6. The third-order valence-corrected chi connectivity index (χ3v) is 3.74. The number of hydrogen-bond donors (Lipinski definition) is 1. The van der Waals surface area contributed by atoms with Crippen molar-refractivity contribution >= 4 is 0 Å². The molecule has 2 N–H and O–H groups in total. The third-order valence-electron chi connectivity index (χ3n) is 3.74. The van der Waals surface area contributed by atoms with E-state index >= 15 is 0 Å². The molecule has 0 saturated carbocycles. The van der Waals surface area contributed by atoms with Gasteiger partial charge in [-0.05, 0) is 29.5 Å². The van der Waals surface area contributed by atoms with Crippen molar-refractivity contribution < 1.29 is 4.74 Å². The molecule has 0 fully saturated rings. The van der Waals surface area contributed by atoms with Crippen molar-refractivity contribution in [1.82, 2.24) is 15.0 Å². The second-order valence-electron chi connectivity index (χ2n) is 6.39. The molecule has 1 aromatic carbocycles. The SMILES string of the molecule is CCc1c(CN)nnn1CCOc1ccc(C(C)(C)C)cc1. The van der Waals surface area contributed by atoms with E-state index in [0.29, 0.717) is 19.7 Å². The molecule has 0 aliphatic rings. The lowest BCUT2D eigenvalue weighted by Crippen LogP contribution is -2.13. The van der Waals surface area contributed by atoms with Gasteiger partial charge in [-0.15, -0.1) is 5.10 Å². The Hall–Kier alpha value is -1.88. The molecule has 1 heterocycles. The minimum Gasteiger partial charge on any atom is -0.492 e. The van der Waals surface area contributed by atoms with Gasteiger partial charge in [0.15, 0.2) is 0 Å². The summed E-state index contributed by atoms with van der Waals surface area (Å²) in [4.78, 5) is 0. The molecule has 0 saturated heterocycles. The van der Waals surface area contributed by atoms with Crippen molar-refractivity contribution in [3.8, 4) is 5.75 Å². The van der Waals surface area contributed by atoms with Crippen LogP contribution < -0.4 is 10.5 Å². The average molecular weight is 302 g/mol. The van der Waals surface area contributed by atoms with Crippen LogP contribution in [0.2, 0.25) is 0 Å². The molecule has 0 atom stereocenters. The standard InChI is InChI=1S/C17H26N4O/c1-5-16-15(12-18)19-20-21(16)10-11-22-14-8-6-13(7-9-14)17(2,3)4/h6-9H,5,10-12,18H2,1-4H3. The Balaban J connectivity index is 1.93. The lowest BCUT2D eigenvalue weighted by atomic mass is 9.87. The van der Waals surface area contributed by atoms with Crippen LogP contribution in [0.4, 0.5) is 0 Å². The van der Waals surface area contributed by atoms with Gasteiger partial charge in [0.1, 0.15) is 12.4 Å². The predicted molar refractivity (Wildman–Crippen MR) is 87.9 cm³/mol. The van der Waals surface area contributed by atoms with Gasteiger partial charge < -0.3 is 10.5 Å². The fraction of sp³-hybridized carbons (Fsp3) is 0.529. The number of aromatic nitrogens is 3. The molecule has 1 aromatic heterocycles. The highest BCUT2D eigenvalue weighted by Crippen LogP contribution is 2.24. The summed E-state index contributed by atoms with van der Waals surface area (Å²) in [6.45, 7) is 10.4. The lowest BCUT2D eigenvalue weighted by Gasteiger charge is -2.19. The Morgan fingerprint density at radius 3 is 2.41 bits per heavy atom. The monoisotopic (exact) mass is 302 g/mol. The van der Waals surface area contributed by atoms with Gasteiger partial charge >= 0.3 is 0 Å². The van der Waals surface area contributed by atoms with Gasteiger partial charge in [0.25, 0.3) is 0 Å². The summed E-state index contributed by atoms with van der Waals surface area (Å²) in [6.07, 6.45) is 0.875. The highest BCUT2D eigenvalue weighted by atomic mass is 16.5. The zero-order valence-corrected chi connectivity index (χ0v) is 14.0. The first-order valence-electron chi connectivity index (χ1n) is 7.80. The van der Waals surface area contributed by atoms with Crippen LogP contribution >= 0.6 is 0 Å². The molecule has 0 unspecified atom stereocenters. The molecule has 0 amide bonds. The molecule has 2 aromatic rings. The van der Waals surface area contributed by atoms with Crippen LogP contribution in [0.5, 0.6) is 5.75 Å². The molecule has 0 radical (unpaired) electrons. The van der Waals surface area contributed by atoms with Crippen molar-refractivity contribution in [2.24, 2.45) is 5.73 Å². The van der Waals surface area contributed by atoms with E-state index in [-0.39, 0.29) is 5.41 Å². The first-order valence-corrected chi connectivity index (χ1v) is 7.80. The van der Waals surface area contributed by atoms with Gasteiger partial charge in [-0.2, -0.15) is 0 Å². The maximum absolute atomic E-state index is 5.80. The topological polar surface area (TPSA) is 66.0 Å². The molecule has 0 aliphatic carbocycles. The van der Waals surface area contributed by atoms with E-state index in [1.807, 2.05) is 16.8 Å². The van der Waals surface area contributed by atoms with Gasteiger partial charge in [-0.1, -0.05) is 45.0 Å². The number of nitrogens with zero attached hydrogens (tertiary/aromatic N) is 3. The highest BCUT2D eigenvalue weighted by molar-refractivity contribution is 5.31. The average Bonchev–Trinajstić information content (AvgIpc) is 2.89. The van der Waals surface area contributed by atoms with Crippen molar-refractivity contribution in [2.45, 2.75) is 52.6 Å². The van der Waals surface area contributed by atoms with Gasteiger partial charge in [0.05, 0.1) is 17.9 Å². The molecule has 0 spiro atoms. The number of nitrogens with two attached hydrogens (primary N) is 1. The van der Waals surface area contributed by atoms with E-state index < -0.39 is 0 Å². The smallest absolute Gasteiger partial charge is 0.119 e. The molecule has 5 heteroatoms. The van der Waals surface area contributed by atoms with Crippen LogP contribution in [-0.4, -0.2) is 21.6 Å². The molecule has 2 rings (SSSR count). The number of ether oxygens (including phenoxy) is 1. The third kappa shape index (κ3) is 3.85. The number of hydrogen-bond acceptors (Lipinski definition) is 4. The summed E-state index contributed by atoms with van der Waals surface area (Å²) in [5.74, 6) is 0.880. The highest BCUT2D eigenvalue weighted by Gasteiger charge is 2.13. The Bertz CT molecular complexity index is 596. The minimum absolute atomic E-state index is 0.161. The van der Waals surface area contributed by atoms with E-state index in [1.54, 1.807) is 0 Å². The molecular weight excluding hydrogens is 276 g/mol. The van der Waals surface area contributed by atoms with Crippen LogP contribution in [0.1, 0.15) is 44.6 Å². The van der Waals surface area contributed by atoms with Crippen molar-refractivity contribution in [2.75, 3.05) is 6.61 Å². The fourth-order valence-electron chi connectivity index (χ4n) is 2.39. The molecule has 0 aliphatic heterocycles. The minimum atomic E-state index is 0.161.